The highest BCUT2D eigenvalue weighted by molar-refractivity contribution is 5.96. The lowest BCUT2D eigenvalue weighted by molar-refractivity contribution is 0.0935. The van der Waals surface area contributed by atoms with Gasteiger partial charge in [0.05, 0.1) is 6.04 Å². The zero-order valence-electron chi connectivity index (χ0n) is 12.5. The van der Waals surface area contributed by atoms with Crippen LogP contribution >= 0.6 is 0 Å². The van der Waals surface area contributed by atoms with E-state index in [1.165, 1.54) is 18.0 Å². The highest BCUT2D eigenvalue weighted by atomic mass is 16.2. The summed E-state index contributed by atoms with van der Waals surface area (Å²) in [4.78, 5) is 20.0. The van der Waals surface area contributed by atoms with Gasteiger partial charge in [-0.1, -0.05) is 38.1 Å². The molecule has 0 aliphatic heterocycles. The summed E-state index contributed by atoms with van der Waals surface area (Å²) in [7, 11) is 0. The quantitative estimate of drug-likeness (QED) is 0.904. The molecule has 5 nitrogen and oxygen atoms in total. The molecule has 110 valence electrons. The number of nitrogens with one attached hydrogen (secondary N) is 1. The molecule has 0 saturated carbocycles. The number of carbonyl (C=O) groups is 1. The number of amides is 1. The molecular weight excluding hydrogens is 264 g/mol. The minimum absolute atomic E-state index is 0.125. The minimum Gasteiger partial charge on any atom is -0.382 e. The molecule has 1 heterocycles. The Hall–Kier alpha value is -2.43. The number of nitrogens with zero attached hydrogens (tertiary/aromatic N) is 2. The molecule has 0 aliphatic carbocycles. The first-order valence-corrected chi connectivity index (χ1v) is 6.96. The van der Waals surface area contributed by atoms with E-state index in [2.05, 4.69) is 41.3 Å². The van der Waals surface area contributed by atoms with Crippen LogP contribution in [0.1, 0.15) is 54.3 Å². The molecule has 0 aliphatic rings. The fourth-order valence-electron chi connectivity index (χ4n) is 2.04. The molecule has 21 heavy (non-hydrogen) atoms. The number of benzene rings is 1. The lowest BCUT2D eigenvalue weighted by Crippen LogP contribution is -2.28. The monoisotopic (exact) mass is 284 g/mol. The third-order valence-electron chi connectivity index (χ3n) is 3.39. The van der Waals surface area contributed by atoms with Crippen LogP contribution < -0.4 is 11.1 Å². The molecule has 2 aromatic rings. The van der Waals surface area contributed by atoms with Crippen molar-refractivity contribution in [3.05, 3.63) is 53.5 Å². The van der Waals surface area contributed by atoms with Crippen LogP contribution in [0.15, 0.2) is 36.7 Å². The average molecular weight is 284 g/mol. The van der Waals surface area contributed by atoms with Crippen LogP contribution in [0.25, 0.3) is 0 Å². The topological polar surface area (TPSA) is 80.9 Å². The molecule has 1 aromatic heterocycles. The summed E-state index contributed by atoms with van der Waals surface area (Å²) in [6.45, 7) is 6.23. The third-order valence-corrected chi connectivity index (χ3v) is 3.39. The van der Waals surface area contributed by atoms with Gasteiger partial charge in [-0.05, 0) is 24.0 Å². The molecule has 0 fully saturated rings. The first-order valence-electron chi connectivity index (χ1n) is 6.96. The van der Waals surface area contributed by atoms with Gasteiger partial charge in [-0.3, -0.25) is 4.79 Å². The van der Waals surface area contributed by atoms with Gasteiger partial charge in [0.25, 0.3) is 5.91 Å². The molecule has 0 spiro atoms. The normalized spacial score (nSPS) is 12.2. The van der Waals surface area contributed by atoms with Crippen LogP contribution in [0.2, 0.25) is 0 Å². The predicted molar refractivity (Wildman–Crippen MR) is 82.9 cm³/mol. The van der Waals surface area contributed by atoms with Gasteiger partial charge in [-0.25, -0.2) is 9.97 Å². The van der Waals surface area contributed by atoms with E-state index in [1.807, 2.05) is 19.1 Å². The van der Waals surface area contributed by atoms with E-state index in [-0.39, 0.29) is 23.5 Å². The van der Waals surface area contributed by atoms with E-state index in [0.717, 1.165) is 5.56 Å². The summed E-state index contributed by atoms with van der Waals surface area (Å²) in [5.41, 5.74) is 8.12. The second-order valence-electron chi connectivity index (χ2n) is 5.31. The van der Waals surface area contributed by atoms with Gasteiger partial charge in [0.1, 0.15) is 0 Å². The van der Waals surface area contributed by atoms with Gasteiger partial charge < -0.3 is 11.1 Å². The van der Waals surface area contributed by atoms with E-state index in [1.54, 1.807) is 0 Å². The first-order chi connectivity index (χ1) is 9.99. The number of hydrogen-bond acceptors (Lipinski definition) is 4. The van der Waals surface area contributed by atoms with Crippen LogP contribution in [0.4, 0.5) is 5.82 Å². The molecule has 1 amide bonds. The van der Waals surface area contributed by atoms with Crippen molar-refractivity contribution in [3.63, 3.8) is 0 Å². The molecule has 1 aromatic carbocycles. The molecular formula is C16H20N4O. The Morgan fingerprint density at radius 1 is 1.05 bits per heavy atom. The summed E-state index contributed by atoms with van der Waals surface area (Å²) in [5, 5.41) is 2.88. The number of aromatic nitrogens is 2. The Balaban J connectivity index is 2.09. The van der Waals surface area contributed by atoms with E-state index < -0.39 is 0 Å². The number of hydrogen-bond donors (Lipinski definition) is 2. The van der Waals surface area contributed by atoms with Gasteiger partial charge >= 0.3 is 0 Å². The van der Waals surface area contributed by atoms with Gasteiger partial charge in [0, 0.05) is 12.4 Å². The SMILES string of the molecule is CC(C)c1ccc(C(C)NC(=O)c2nccnc2N)cc1. The van der Waals surface area contributed by atoms with Crippen molar-refractivity contribution < 1.29 is 4.79 Å². The zero-order valence-corrected chi connectivity index (χ0v) is 12.5. The van der Waals surface area contributed by atoms with Crippen LogP contribution in [-0.2, 0) is 0 Å². The van der Waals surface area contributed by atoms with Crippen LogP contribution in [-0.4, -0.2) is 15.9 Å². The Morgan fingerprint density at radius 2 is 1.62 bits per heavy atom. The number of nitrogens with two attached hydrogens (primary N) is 1. The molecule has 2 rings (SSSR count). The average Bonchev–Trinajstić information content (AvgIpc) is 2.47. The van der Waals surface area contributed by atoms with Crippen molar-refractivity contribution in [3.8, 4) is 0 Å². The highest BCUT2D eigenvalue weighted by Crippen LogP contribution is 2.19. The van der Waals surface area contributed by atoms with E-state index in [9.17, 15) is 4.79 Å². The van der Waals surface area contributed by atoms with Gasteiger partial charge in [0.15, 0.2) is 11.5 Å². The van der Waals surface area contributed by atoms with E-state index >= 15 is 0 Å². The first kappa shape index (κ1) is 15.0. The molecule has 0 saturated heterocycles. The smallest absolute Gasteiger partial charge is 0.274 e. The van der Waals surface area contributed by atoms with E-state index in [4.69, 9.17) is 5.73 Å². The summed E-state index contributed by atoms with van der Waals surface area (Å²) >= 11 is 0. The van der Waals surface area contributed by atoms with E-state index in [0.29, 0.717) is 5.92 Å². The number of anilines is 1. The Labute approximate surface area is 124 Å². The van der Waals surface area contributed by atoms with Crippen molar-refractivity contribution in [1.82, 2.24) is 15.3 Å². The van der Waals surface area contributed by atoms with Crippen molar-refractivity contribution >= 4 is 11.7 Å². The largest absolute Gasteiger partial charge is 0.382 e. The van der Waals surface area contributed by atoms with Gasteiger partial charge in [0.2, 0.25) is 0 Å². The molecule has 5 heteroatoms. The minimum atomic E-state index is -0.318. The Morgan fingerprint density at radius 3 is 2.19 bits per heavy atom. The van der Waals surface area contributed by atoms with Gasteiger partial charge in [-0.2, -0.15) is 0 Å². The summed E-state index contributed by atoms with van der Waals surface area (Å²) in [5.74, 6) is 0.307. The predicted octanol–water partition coefficient (Wildman–Crippen LogP) is 2.67. The number of nitrogen functional groups attached to an aromatic ring is 1. The van der Waals surface area contributed by atoms with Gasteiger partial charge in [-0.15, -0.1) is 0 Å². The second-order valence-corrected chi connectivity index (χ2v) is 5.31. The lowest BCUT2D eigenvalue weighted by atomic mass is 9.99. The van der Waals surface area contributed by atoms with Crippen molar-refractivity contribution in [2.24, 2.45) is 0 Å². The Kier molecular flexibility index (Phi) is 4.52. The maximum absolute atomic E-state index is 12.1. The van der Waals surface area contributed by atoms with Crippen LogP contribution in [0, 0.1) is 0 Å². The fourth-order valence-corrected chi connectivity index (χ4v) is 2.04. The third kappa shape index (κ3) is 3.56. The maximum Gasteiger partial charge on any atom is 0.274 e. The molecule has 0 bridgehead atoms. The summed E-state index contributed by atoms with van der Waals surface area (Å²) < 4.78 is 0. The molecule has 1 atom stereocenters. The van der Waals surface area contributed by atoms with Crippen LogP contribution in [0.3, 0.4) is 0 Å². The molecule has 1 unspecified atom stereocenters. The second kappa shape index (κ2) is 6.35. The standard InChI is InChI=1S/C16H20N4O/c1-10(2)12-4-6-13(7-5-12)11(3)20-16(21)14-15(17)19-9-8-18-14/h4-11H,1-3H3,(H2,17,19)(H,20,21). The molecule has 0 radical (unpaired) electrons. The lowest BCUT2D eigenvalue weighted by Gasteiger charge is -2.15. The Bertz CT molecular complexity index is 622. The fraction of sp³-hybridized carbons (Fsp3) is 0.312. The highest BCUT2D eigenvalue weighted by Gasteiger charge is 2.15. The van der Waals surface area contributed by atoms with Crippen LogP contribution in [0.5, 0.6) is 0 Å². The van der Waals surface area contributed by atoms with Crippen molar-refractivity contribution in [1.29, 1.82) is 0 Å². The van der Waals surface area contributed by atoms with Crippen molar-refractivity contribution in [2.75, 3.05) is 5.73 Å². The molecule has 3 N–H and O–H groups in total. The van der Waals surface area contributed by atoms with Crippen molar-refractivity contribution in [2.45, 2.75) is 32.7 Å². The number of carbonyl (C=O) groups excluding carboxylic acids is 1. The number of rotatable bonds is 4. The maximum atomic E-state index is 12.1. The summed E-state index contributed by atoms with van der Waals surface area (Å²) in [6, 6.07) is 8.10. The summed E-state index contributed by atoms with van der Waals surface area (Å²) in [6.07, 6.45) is 2.91. The zero-order chi connectivity index (χ0) is 15.4.